The maximum atomic E-state index is 9.09. The van der Waals surface area contributed by atoms with E-state index in [1.54, 1.807) is 6.07 Å². The minimum atomic E-state index is 0.138. The summed E-state index contributed by atoms with van der Waals surface area (Å²) >= 11 is 12.0. The Morgan fingerprint density at radius 3 is 2.57 bits per heavy atom. The number of nitrogens with zero attached hydrogens (tertiary/aromatic N) is 3. The molecule has 1 N–H and O–H groups in total. The van der Waals surface area contributed by atoms with Crippen molar-refractivity contribution in [2.45, 2.75) is 39.3 Å². The lowest BCUT2D eigenvalue weighted by atomic mass is 10.2. The Morgan fingerprint density at radius 2 is 1.96 bits per heavy atom. The summed E-state index contributed by atoms with van der Waals surface area (Å²) < 4.78 is 5.66. The van der Waals surface area contributed by atoms with Crippen molar-refractivity contribution in [1.82, 2.24) is 15.1 Å². The number of aromatic nitrogens is 2. The molecule has 0 fully saturated rings. The van der Waals surface area contributed by atoms with Gasteiger partial charge in [-0.2, -0.15) is 0 Å². The van der Waals surface area contributed by atoms with Gasteiger partial charge in [0.25, 0.3) is 0 Å². The predicted octanol–water partition coefficient (Wildman–Crippen LogP) is 3.88. The van der Waals surface area contributed by atoms with E-state index in [4.69, 9.17) is 32.7 Å². The number of aliphatic hydroxyl groups excluding tert-OH is 1. The molecule has 126 valence electrons. The van der Waals surface area contributed by atoms with Crippen molar-refractivity contribution in [3.63, 3.8) is 0 Å². The van der Waals surface area contributed by atoms with Crippen LogP contribution >= 0.6 is 23.2 Å². The minimum absolute atomic E-state index is 0.138. The normalized spacial score (nSPS) is 11.6. The number of aliphatic hydroxyl groups is 1. The molecule has 2 aromatic rings. The Labute approximate surface area is 146 Å². The van der Waals surface area contributed by atoms with Gasteiger partial charge in [-0.1, -0.05) is 43.1 Å². The fourth-order valence-corrected chi connectivity index (χ4v) is 2.48. The van der Waals surface area contributed by atoms with Crippen LogP contribution in [0.1, 0.15) is 43.5 Å². The Bertz CT molecular complexity index is 632. The zero-order valence-corrected chi connectivity index (χ0v) is 14.8. The Morgan fingerprint density at radius 1 is 1.17 bits per heavy atom. The van der Waals surface area contributed by atoms with Crippen LogP contribution in [0.15, 0.2) is 22.6 Å². The number of halogens is 2. The van der Waals surface area contributed by atoms with E-state index in [9.17, 15) is 0 Å². The summed E-state index contributed by atoms with van der Waals surface area (Å²) in [6, 6.07) is 5.57. The van der Waals surface area contributed by atoms with Gasteiger partial charge in [-0.3, -0.25) is 4.90 Å². The van der Waals surface area contributed by atoms with Crippen molar-refractivity contribution in [2.24, 2.45) is 0 Å². The van der Waals surface area contributed by atoms with Crippen molar-refractivity contribution >= 4 is 23.2 Å². The first-order chi connectivity index (χ1) is 11.0. The summed E-state index contributed by atoms with van der Waals surface area (Å²) in [7, 11) is 0. The summed E-state index contributed by atoms with van der Waals surface area (Å²) in [4.78, 5) is 2.13. The van der Waals surface area contributed by atoms with Gasteiger partial charge in [0, 0.05) is 25.6 Å². The molecular formula is C16H21Cl2N3O2. The molecule has 1 heterocycles. The average molecular weight is 358 g/mol. The van der Waals surface area contributed by atoms with Gasteiger partial charge >= 0.3 is 0 Å². The van der Waals surface area contributed by atoms with E-state index in [2.05, 4.69) is 15.1 Å². The lowest BCUT2D eigenvalue weighted by molar-refractivity contribution is 0.196. The van der Waals surface area contributed by atoms with Crippen LogP contribution < -0.4 is 0 Å². The van der Waals surface area contributed by atoms with Crippen LogP contribution in [0.2, 0.25) is 10.0 Å². The first-order valence-corrected chi connectivity index (χ1v) is 8.34. The van der Waals surface area contributed by atoms with Gasteiger partial charge in [0.1, 0.15) is 0 Å². The van der Waals surface area contributed by atoms with E-state index in [1.165, 1.54) is 0 Å². The second-order valence-electron chi connectivity index (χ2n) is 5.73. The summed E-state index contributed by atoms with van der Waals surface area (Å²) in [5, 5.41) is 18.3. The fourth-order valence-electron chi connectivity index (χ4n) is 2.16. The highest BCUT2D eigenvalue weighted by atomic mass is 35.5. The van der Waals surface area contributed by atoms with Crippen LogP contribution in [0.3, 0.4) is 0 Å². The molecule has 0 aliphatic rings. The average Bonchev–Trinajstić information content (AvgIpc) is 2.97. The van der Waals surface area contributed by atoms with Gasteiger partial charge in [-0.15, -0.1) is 10.2 Å². The molecule has 0 saturated heterocycles. The highest BCUT2D eigenvalue weighted by molar-refractivity contribution is 6.42. The van der Waals surface area contributed by atoms with Crippen molar-refractivity contribution in [1.29, 1.82) is 0 Å². The topological polar surface area (TPSA) is 62.4 Å². The third-order valence-corrected chi connectivity index (χ3v) is 4.10. The molecule has 0 amide bonds. The van der Waals surface area contributed by atoms with Gasteiger partial charge in [-0.05, 0) is 24.1 Å². The molecule has 0 bridgehead atoms. The molecule has 0 saturated carbocycles. The van der Waals surface area contributed by atoms with Gasteiger partial charge in [-0.25, -0.2) is 0 Å². The zero-order chi connectivity index (χ0) is 16.8. The van der Waals surface area contributed by atoms with Gasteiger partial charge in [0.15, 0.2) is 0 Å². The molecule has 0 aliphatic carbocycles. The standard InChI is InChI=1S/C16H21Cl2N3O2/c1-11(2)16-20-19-15(23-16)10-21(6-3-7-22)9-12-4-5-13(17)14(18)8-12/h4-5,8,11,22H,3,6-7,9-10H2,1-2H3. The quantitative estimate of drug-likeness (QED) is 0.776. The molecule has 0 spiro atoms. The molecule has 1 aromatic carbocycles. The van der Waals surface area contributed by atoms with Crippen molar-refractivity contribution < 1.29 is 9.52 Å². The fraction of sp³-hybridized carbons (Fsp3) is 0.500. The molecule has 5 nitrogen and oxygen atoms in total. The van der Waals surface area contributed by atoms with Crippen LogP contribution in [-0.2, 0) is 13.1 Å². The third kappa shape index (κ3) is 5.46. The molecule has 0 aliphatic heterocycles. The van der Waals surface area contributed by atoms with Gasteiger partial charge < -0.3 is 9.52 Å². The highest BCUT2D eigenvalue weighted by Gasteiger charge is 2.14. The van der Waals surface area contributed by atoms with Crippen LogP contribution in [0.25, 0.3) is 0 Å². The number of rotatable bonds is 8. The second-order valence-corrected chi connectivity index (χ2v) is 6.54. The maximum absolute atomic E-state index is 9.09. The van der Waals surface area contributed by atoms with E-state index in [-0.39, 0.29) is 12.5 Å². The summed E-state index contributed by atoms with van der Waals surface area (Å²) in [5.74, 6) is 1.42. The molecule has 7 heteroatoms. The molecule has 1 aromatic heterocycles. The Balaban J connectivity index is 2.07. The lowest BCUT2D eigenvalue weighted by Crippen LogP contribution is -2.25. The predicted molar refractivity (Wildman–Crippen MR) is 90.7 cm³/mol. The van der Waals surface area contributed by atoms with Gasteiger partial charge in [0.2, 0.25) is 11.8 Å². The Kier molecular flexibility index (Phi) is 6.84. The first kappa shape index (κ1) is 18.2. The van der Waals surface area contributed by atoms with Crippen LogP contribution in [0.4, 0.5) is 0 Å². The smallest absolute Gasteiger partial charge is 0.230 e. The lowest BCUT2D eigenvalue weighted by Gasteiger charge is -2.20. The van der Waals surface area contributed by atoms with Crippen LogP contribution in [0, 0.1) is 0 Å². The van der Waals surface area contributed by atoms with Crippen molar-refractivity contribution in [3.05, 3.63) is 45.6 Å². The van der Waals surface area contributed by atoms with E-state index < -0.39 is 0 Å². The molecular weight excluding hydrogens is 337 g/mol. The van der Waals surface area contributed by atoms with E-state index >= 15 is 0 Å². The molecule has 0 unspecified atom stereocenters. The van der Waals surface area contributed by atoms with E-state index in [1.807, 2.05) is 26.0 Å². The third-order valence-electron chi connectivity index (χ3n) is 3.36. The zero-order valence-electron chi connectivity index (χ0n) is 13.3. The van der Waals surface area contributed by atoms with Crippen LogP contribution in [0.5, 0.6) is 0 Å². The summed E-state index contributed by atoms with van der Waals surface area (Å²) in [6.45, 7) is 6.07. The van der Waals surface area contributed by atoms with Gasteiger partial charge in [0.05, 0.1) is 16.6 Å². The number of benzene rings is 1. The highest BCUT2D eigenvalue weighted by Crippen LogP contribution is 2.23. The second kappa shape index (κ2) is 8.64. The monoisotopic (exact) mass is 357 g/mol. The largest absolute Gasteiger partial charge is 0.424 e. The maximum Gasteiger partial charge on any atom is 0.230 e. The van der Waals surface area contributed by atoms with Crippen molar-refractivity contribution in [2.75, 3.05) is 13.2 Å². The summed E-state index contributed by atoms with van der Waals surface area (Å²) in [6.07, 6.45) is 0.673. The minimum Gasteiger partial charge on any atom is -0.424 e. The molecule has 0 atom stereocenters. The SMILES string of the molecule is CC(C)c1nnc(CN(CCCO)Cc2ccc(Cl)c(Cl)c2)o1. The van der Waals surface area contributed by atoms with E-state index in [0.717, 1.165) is 12.1 Å². The van der Waals surface area contributed by atoms with Crippen molar-refractivity contribution in [3.8, 4) is 0 Å². The van der Waals surface area contributed by atoms with E-state index in [0.29, 0.717) is 41.3 Å². The molecule has 0 radical (unpaired) electrons. The Hall–Kier alpha value is -1.14. The molecule has 23 heavy (non-hydrogen) atoms. The molecule has 2 rings (SSSR count). The summed E-state index contributed by atoms with van der Waals surface area (Å²) in [5.41, 5.74) is 1.04. The number of hydrogen-bond acceptors (Lipinski definition) is 5. The van der Waals surface area contributed by atoms with Crippen LogP contribution in [-0.4, -0.2) is 33.4 Å². The number of hydrogen-bond donors (Lipinski definition) is 1. The first-order valence-electron chi connectivity index (χ1n) is 7.59.